The zero-order chi connectivity index (χ0) is 10.9. The highest BCUT2D eigenvalue weighted by molar-refractivity contribution is 7.12. The van der Waals surface area contributed by atoms with Crippen LogP contribution in [-0.2, 0) is 16.8 Å². The fraction of sp³-hybridized carbons (Fsp3) is 0.500. The zero-order valence-electron chi connectivity index (χ0n) is 7.87. The van der Waals surface area contributed by atoms with Gasteiger partial charge in [0.05, 0.1) is 16.9 Å². The van der Waals surface area contributed by atoms with Crippen molar-refractivity contribution in [2.45, 2.75) is 25.9 Å². The highest BCUT2D eigenvalue weighted by Gasteiger charge is 2.24. The molecule has 0 spiro atoms. The van der Waals surface area contributed by atoms with E-state index in [9.17, 15) is 9.90 Å². The van der Waals surface area contributed by atoms with Crippen LogP contribution < -0.4 is 5.73 Å². The third-order valence-corrected chi connectivity index (χ3v) is 3.27. The molecule has 1 amide bonds. The summed E-state index contributed by atoms with van der Waals surface area (Å²) < 4.78 is 0. The van der Waals surface area contributed by atoms with E-state index >= 15 is 0 Å². The SMILES string of the molecule is CC(C)(O)c1sc(CC(N)=O)nc1Cl. The number of aromatic nitrogens is 1. The Morgan fingerprint density at radius 3 is 2.64 bits per heavy atom. The number of thiazole rings is 1. The molecule has 0 unspecified atom stereocenters. The van der Waals surface area contributed by atoms with Crippen LogP contribution in [0, 0.1) is 0 Å². The highest BCUT2D eigenvalue weighted by atomic mass is 35.5. The maximum atomic E-state index is 10.6. The van der Waals surface area contributed by atoms with Gasteiger partial charge in [0.15, 0.2) is 0 Å². The van der Waals surface area contributed by atoms with Crippen molar-refractivity contribution in [2.75, 3.05) is 0 Å². The van der Waals surface area contributed by atoms with Crippen molar-refractivity contribution in [1.29, 1.82) is 0 Å². The van der Waals surface area contributed by atoms with Gasteiger partial charge in [0.25, 0.3) is 0 Å². The van der Waals surface area contributed by atoms with Crippen LogP contribution in [0.15, 0.2) is 0 Å². The molecule has 0 atom stereocenters. The second kappa shape index (κ2) is 3.84. The number of nitrogens with zero attached hydrogens (tertiary/aromatic N) is 1. The van der Waals surface area contributed by atoms with Crippen LogP contribution in [0.5, 0.6) is 0 Å². The molecular formula is C8H11ClN2O2S. The van der Waals surface area contributed by atoms with Crippen LogP contribution in [0.25, 0.3) is 0 Å². The molecule has 0 radical (unpaired) electrons. The Balaban J connectivity index is 2.99. The molecule has 1 rings (SSSR count). The molecule has 1 aromatic rings. The van der Waals surface area contributed by atoms with E-state index in [1.807, 2.05) is 0 Å². The molecule has 0 aliphatic rings. The summed E-state index contributed by atoms with van der Waals surface area (Å²) in [5, 5.41) is 10.4. The van der Waals surface area contributed by atoms with Crippen molar-refractivity contribution in [1.82, 2.24) is 4.98 Å². The maximum Gasteiger partial charge on any atom is 0.224 e. The maximum absolute atomic E-state index is 10.6. The van der Waals surface area contributed by atoms with Gasteiger partial charge in [0, 0.05) is 0 Å². The van der Waals surface area contributed by atoms with Gasteiger partial charge in [-0.2, -0.15) is 0 Å². The summed E-state index contributed by atoms with van der Waals surface area (Å²) in [7, 11) is 0. The van der Waals surface area contributed by atoms with Crippen LogP contribution >= 0.6 is 22.9 Å². The van der Waals surface area contributed by atoms with Crippen molar-refractivity contribution in [2.24, 2.45) is 5.73 Å². The number of halogens is 1. The predicted molar refractivity (Wildman–Crippen MR) is 55.3 cm³/mol. The van der Waals surface area contributed by atoms with E-state index in [0.717, 1.165) is 0 Å². The Morgan fingerprint density at radius 1 is 1.71 bits per heavy atom. The number of primary amides is 1. The highest BCUT2D eigenvalue weighted by Crippen LogP contribution is 2.32. The standard InChI is InChI=1S/C8H11ClN2O2S/c1-8(2,13)6-7(9)11-5(14-6)3-4(10)12/h13H,3H2,1-2H3,(H2,10,12). The summed E-state index contributed by atoms with van der Waals surface area (Å²) in [5.41, 5.74) is 3.98. The average Bonchev–Trinajstić information content (AvgIpc) is 2.27. The molecule has 1 heterocycles. The van der Waals surface area contributed by atoms with Crippen LogP contribution in [-0.4, -0.2) is 16.0 Å². The van der Waals surface area contributed by atoms with Crippen molar-refractivity contribution in [3.63, 3.8) is 0 Å². The summed E-state index contributed by atoms with van der Waals surface area (Å²) in [6, 6.07) is 0. The lowest BCUT2D eigenvalue weighted by atomic mass is 10.1. The number of nitrogens with two attached hydrogens (primary N) is 1. The third kappa shape index (κ3) is 2.67. The van der Waals surface area contributed by atoms with Gasteiger partial charge in [-0.15, -0.1) is 11.3 Å². The van der Waals surface area contributed by atoms with Crippen molar-refractivity contribution in [3.05, 3.63) is 15.0 Å². The number of hydrogen-bond acceptors (Lipinski definition) is 4. The summed E-state index contributed by atoms with van der Waals surface area (Å²) in [4.78, 5) is 15.1. The molecule has 3 N–H and O–H groups in total. The normalized spacial score (nSPS) is 11.7. The fourth-order valence-electron chi connectivity index (χ4n) is 0.945. The second-order valence-corrected chi connectivity index (χ2v) is 4.87. The fourth-order valence-corrected chi connectivity index (χ4v) is 2.41. The molecule has 0 aromatic carbocycles. The number of hydrogen-bond donors (Lipinski definition) is 2. The minimum Gasteiger partial charge on any atom is -0.385 e. The van der Waals surface area contributed by atoms with Crippen LogP contribution in [0.3, 0.4) is 0 Å². The Bertz CT molecular complexity index is 357. The number of amides is 1. The van der Waals surface area contributed by atoms with Crippen molar-refractivity contribution < 1.29 is 9.90 Å². The molecule has 0 aliphatic carbocycles. The van der Waals surface area contributed by atoms with Gasteiger partial charge < -0.3 is 10.8 Å². The minimum absolute atomic E-state index is 0.0560. The Kier molecular flexibility index (Phi) is 3.14. The molecule has 1 aromatic heterocycles. The Morgan fingerprint density at radius 2 is 2.29 bits per heavy atom. The third-order valence-electron chi connectivity index (χ3n) is 1.51. The van der Waals surface area contributed by atoms with Crippen molar-refractivity contribution >= 4 is 28.8 Å². The van der Waals surface area contributed by atoms with E-state index in [0.29, 0.717) is 9.88 Å². The van der Waals surface area contributed by atoms with Crippen LogP contribution in [0.2, 0.25) is 5.15 Å². The first kappa shape index (κ1) is 11.4. The van der Waals surface area contributed by atoms with Gasteiger partial charge in [-0.1, -0.05) is 11.6 Å². The number of aliphatic hydroxyl groups is 1. The predicted octanol–water partition coefficient (Wildman–Crippen LogP) is 1.05. The van der Waals surface area contributed by atoms with E-state index in [1.54, 1.807) is 13.8 Å². The first-order valence-corrected chi connectivity index (χ1v) is 5.16. The number of carbonyl (C=O) groups is 1. The van der Waals surface area contributed by atoms with Gasteiger partial charge in [-0.25, -0.2) is 4.98 Å². The molecule has 0 saturated carbocycles. The first-order chi connectivity index (χ1) is 6.30. The number of carbonyl (C=O) groups excluding carboxylic acids is 1. The molecule has 0 bridgehead atoms. The zero-order valence-corrected chi connectivity index (χ0v) is 9.45. The summed E-state index contributed by atoms with van der Waals surface area (Å²) in [6.45, 7) is 3.22. The van der Waals surface area contributed by atoms with E-state index in [2.05, 4.69) is 4.98 Å². The Hall–Kier alpha value is -0.650. The molecule has 0 saturated heterocycles. The molecule has 78 valence electrons. The molecule has 0 aliphatic heterocycles. The minimum atomic E-state index is -1.04. The van der Waals surface area contributed by atoms with E-state index < -0.39 is 11.5 Å². The van der Waals surface area contributed by atoms with Crippen LogP contribution in [0.4, 0.5) is 0 Å². The average molecular weight is 235 g/mol. The lowest BCUT2D eigenvalue weighted by Crippen LogP contribution is -2.14. The summed E-state index contributed by atoms with van der Waals surface area (Å²) in [5.74, 6) is -0.460. The van der Waals surface area contributed by atoms with Crippen LogP contribution in [0.1, 0.15) is 23.7 Å². The van der Waals surface area contributed by atoms with Gasteiger partial charge in [0.1, 0.15) is 10.2 Å². The first-order valence-electron chi connectivity index (χ1n) is 3.97. The van der Waals surface area contributed by atoms with E-state index in [1.165, 1.54) is 11.3 Å². The monoisotopic (exact) mass is 234 g/mol. The van der Waals surface area contributed by atoms with E-state index in [-0.39, 0.29) is 11.6 Å². The quantitative estimate of drug-likeness (QED) is 0.821. The van der Waals surface area contributed by atoms with Gasteiger partial charge in [-0.3, -0.25) is 4.79 Å². The molecule has 6 heteroatoms. The second-order valence-electron chi connectivity index (χ2n) is 3.43. The van der Waals surface area contributed by atoms with E-state index in [4.69, 9.17) is 17.3 Å². The molecule has 4 nitrogen and oxygen atoms in total. The van der Waals surface area contributed by atoms with Gasteiger partial charge in [-0.05, 0) is 13.8 Å². The lowest BCUT2D eigenvalue weighted by Gasteiger charge is -2.14. The smallest absolute Gasteiger partial charge is 0.224 e. The Labute approximate surface area is 90.7 Å². The lowest BCUT2D eigenvalue weighted by molar-refractivity contribution is -0.117. The largest absolute Gasteiger partial charge is 0.385 e. The van der Waals surface area contributed by atoms with Gasteiger partial charge in [0.2, 0.25) is 5.91 Å². The van der Waals surface area contributed by atoms with Crippen molar-refractivity contribution in [3.8, 4) is 0 Å². The van der Waals surface area contributed by atoms with Gasteiger partial charge >= 0.3 is 0 Å². The summed E-state index contributed by atoms with van der Waals surface area (Å²) >= 11 is 7.00. The molecular weight excluding hydrogens is 224 g/mol. The summed E-state index contributed by atoms with van der Waals surface area (Å²) in [6.07, 6.45) is 0.0560. The molecule has 14 heavy (non-hydrogen) atoms. The molecule has 0 fully saturated rings. The topological polar surface area (TPSA) is 76.2 Å². The number of rotatable bonds is 3.